The Hall–Kier alpha value is -3.15. The fourth-order valence-electron chi connectivity index (χ4n) is 3.04. The van der Waals surface area contributed by atoms with Gasteiger partial charge in [-0.3, -0.25) is 29.9 Å². The van der Waals surface area contributed by atoms with E-state index in [0.717, 1.165) is 4.47 Å². The summed E-state index contributed by atoms with van der Waals surface area (Å²) in [5, 5.41) is 13.4. The van der Waals surface area contributed by atoms with Crippen LogP contribution in [0.1, 0.15) is 5.76 Å². The average Bonchev–Trinajstić information content (AvgIpc) is 3.19. The van der Waals surface area contributed by atoms with E-state index in [2.05, 4.69) is 37.2 Å². The van der Waals surface area contributed by atoms with E-state index in [1.165, 1.54) is 23.1 Å². The van der Waals surface area contributed by atoms with Crippen molar-refractivity contribution < 1.29 is 18.9 Å². The van der Waals surface area contributed by atoms with Crippen LogP contribution in [0.2, 0.25) is 0 Å². The zero-order valence-corrected chi connectivity index (χ0v) is 19.9. The van der Waals surface area contributed by atoms with Gasteiger partial charge in [-0.2, -0.15) is 0 Å². The summed E-state index contributed by atoms with van der Waals surface area (Å²) >= 11 is 11.8. The van der Waals surface area contributed by atoms with Gasteiger partial charge in [-0.15, -0.1) is 0 Å². The highest BCUT2D eigenvalue weighted by molar-refractivity contribution is 9.10. The lowest BCUT2D eigenvalue weighted by Gasteiger charge is -2.28. The van der Waals surface area contributed by atoms with Crippen molar-refractivity contribution in [1.29, 1.82) is 0 Å². The number of nitro benzene ring substituents is 1. The lowest BCUT2D eigenvalue weighted by atomic mass is 10.1. The van der Waals surface area contributed by atoms with Crippen LogP contribution in [0.25, 0.3) is 17.4 Å². The highest BCUT2D eigenvalue weighted by Crippen LogP contribution is 2.33. The molecule has 1 aliphatic heterocycles. The van der Waals surface area contributed by atoms with Gasteiger partial charge in [-0.05, 0) is 70.6 Å². The molecule has 0 bridgehead atoms. The Bertz CT molecular complexity index is 1330. The predicted molar refractivity (Wildman–Crippen MR) is 129 cm³/mol. The molecule has 8 nitrogen and oxygen atoms in total. The van der Waals surface area contributed by atoms with Crippen molar-refractivity contribution in [3.05, 3.63) is 85.0 Å². The molecule has 1 aliphatic rings. The van der Waals surface area contributed by atoms with Crippen LogP contribution in [0, 0.1) is 10.1 Å². The van der Waals surface area contributed by atoms with Gasteiger partial charge in [0.1, 0.15) is 17.1 Å². The van der Waals surface area contributed by atoms with E-state index >= 15 is 0 Å². The van der Waals surface area contributed by atoms with Gasteiger partial charge in [0.05, 0.1) is 10.6 Å². The number of nitro groups is 1. The second kappa shape index (κ2) is 8.77. The summed E-state index contributed by atoms with van der Waals surface area (Å²) in [4.78, 5) is 37.2. The van der Waals surface area contributed by atoms with E-state index in [-0.39, 0.29) is 22.1 Å². The lowest BCUT2D eigenvalue weighted by Crippen LogP contribution is -2.54. The van der Waals surface area contributed by atoms with E-state index in [0.29, 0.717) is 21.5 Å². The molecule has 160 valence electrons. The molecule has 3 aromatic rings. The van der Waals surface area contributed by atoms with Gasteiger partial charge >= 0.3 is 0 Å². The van der Waals surface area contributed by atoms with Crippen LogP contribution in [-0.2, 0) is 9.59 Å². The number of benzene rings is 2. The Labute approximate surface area is 203 Å². The average molecular weight is 577 g/mol. The van der Waals surface area contributed by atoms with Crippen LogP contribution < -0.4 is 10.2 Å². The van der Waals surface area contributed by atoms with E-state index in [9.17, 15) is 19.7 Å². The minimum absolute atomic E-state index is 0.0230. The molecule has 0 radical (unpaired) electrons. The number of halogens is 2. The number of rotatable bonds is 4. The first-order chi connectivity index (χ1) is 15.2. The molecule has 2 amide bonds. The maximum Gasteiger partial charge on any atom is 0.270 e. The first-order valence-electron chi connectivity index (χ1n) is 8.96. The first kappa shape index (κ1) is 22.1. The normalized spacial score (nSPS) is 15.2. The van der Waals surface area contributed by atoms with E-state index < -0.39 is 16.7 Å². The third-order valence-corrected chi connectivity index (χ3v) is 5.94. The molecule has 0 atom stereocenters. The summed E-state index contributed by atoms with van der Waals surface area (Å²) < 4.78 is 6.99. The Morgan fingerprint density at radius 1 is 1.09 bits per heavy atom. The van der Waals surface area contributed by atoms with E-state index in [1.54, 1.807) is 42.5 Å². The molecule has 2 heterocycles. The number of thiocarbonyl (C=S) groups is 1. The van der Waals surface area contributed by atoms with E-state index in [1.807, 2.05) is 0 Å². The molecular weight excluding hydrogens is 566 g/mol. The van der Waals surface area contributed by atoms with Crippen LogP contribution in [0.3, 0.4) is 0 Å². The van der Waals surface area contributed by atoms with Gasteiger partial charge in [0.15, 0.2) is 5.11 Å². The SMILES string of the molecule is O=C1NC(=S)N(c2cccc(Br)c2)C(=O)/C1=C\c1ccc(-c2ccc([N+](=O)[O-])cc2Br)o1. The summed E-state index contributed by atoms with van der Waals surface area (Å²) in [5.74, 6) is -0.570. The van der Waals surface area contributed by atoms with Gasteiger partial charge < -0.3 is 4.42 Å². The third-order valence-electron chi connectivity index (χ3n) is 4.51. The number of carbonyl (C=O) groups is 2. The van der Waals surface area contributed by atoms with Crippen LogP contribution in [-0.4, -0.2) is 21.9 Å². The van der Waals surface area contributed by atoms with Crippen molar-refractivity contribution in [2.45, 2.75) is 0 Å². The number of anilines is 1. The van der Waals surface area contributed by atoms with Crippen molar-refractivity contribution in [2.75, 3.05) is 4.90 Å². The molecular formula is C21H11Br2N3O5S. The summed E-state index contributed by atoms with van der Waals surface area (Å²) in [6, 6.07) is 14.4. The Morgan fingerprint density at radius 3 is 2.56 bits per heavy atom. The number of nitrogens with one attached hydrogen (secondary N) is 1. The highest BCUT2D eigenvalue weighted by atomic mass is 79.9. The fourth-order valence-corrected chi connectivity index (χ4v) is 4.27. The monoisotopic (exact) mass is 575 g/mol. The van der Waals surface area contributed by atoms with Gasteiger partial charge in [-0.25, -0.2) is 0 Å². The summed E-state index contributed by atoms with van der Waals surface area (Å²) in [6.45, 7) is 0. The summed E-state index contributed by atoms with van der Waals surface area (Å²) in [5.41, 5.74) is 0.858. The molecule has 1 aromatic heterocycles. The number of furan rings is 1. The van der Waals surface area contributed by atoms with Gasteiger partial charge in [-0.1, -0.05) is 22.0 Å². The largest absolute Gasteiger partial charge is 0.457 e. The number of non-ortho nitro benzene ring substituents is 1. The van der Waals surface area contributed by atoms with Crippen LogP contribution >= 0.6 is 44.1 Å². The molecule has 0 saturated carbocycles. The molecule has 2 aromatic carbocycles. The molecule has 11 heteroatoms. The smallest absolute Gasteiger partial charge is 0.270 e. The standard InChI is InChI=1S/C21H11Br2N3O5S/c22-11-2-1-3-12(8-11)25-20(28)16(19(27)24-21(25)32)10-14-5-7-18(31-14)15-6-4-13(26(29)30)9-17(15)23/h1-10H,(H,24,27,32)/b16-10-. The quantitative estimate of drug-likeness (QED) is 0.150. The number of hydrogen-bond acceptors (Lipinski definition) is 6. The minimum Gasteiger partial charge on any atom is -0.457 e. The number of nitrogens with zero attached hydrogens (tertiary/aromatic N) is 2. The van der Waals surface area contributed by atoms with Crippen molar-refractivity contribution >= 4 is 78.5 Å². The van der Waals surface area contributed by atoms with Crippen LogP contribution in [0.4, 0.5) is 11.4 Å². The number of carbonyl (C=O) groups excluding carboxylic acids is 2. The number of amides is 2. The van der Waals surface area contributed by atoms with Gasteiger partial charge in [0, 0.05) is 26.6 Å². The molecule has 4 rings (SSSR count). The molecule has 1 N–H and O–H groups in total. The topological polar surface area (TPSA) is 106 Å². The highest BCUT2D eigenvalue weighted by Gasteiger charge is 2.34. The Kier molecular flexibility index (Phi) is 6.04. The lowest BCUT2D eigenvalue weighted by molar-refractivity contribution is -0.384. The van der Waals surface area contributed by atoms with Crippen LogP contribution in [0.15, 0.2) is 73.5 Å². The van der Waals surface area contributed by atoms with Crippen molar-refractivity contribution in [1.82, 2.24) is 5.32 Å². The zero-order valence-electron chi connectivity index (χ0n) is 15.9. The maximum absolute atomic E-state index is 13.1. The van der Waals surface area contributed by atoms with Crippen LogP contribution in [0.5, 0.6) is 0 Å². The predicted octanol–water partition coefficient (Wildman–Crippen LogP) is 5.21. The van der Waals surface area contributed by atoms with E-state index in [4.69, 9.17) is 16.6 Å². The van der Waals surface area contributed by atoms with Crippen molar-refractivity contribution in [3.63, 3.8) is 0 Å². The van der Waals surface area contributed by atoms with Crippen molar-refractivity contribution in [2.24, 2.45) is 0 Å². The number of hydrogen-bond donors (Lipinski definition) is 1. The molecule has 0 unspecified atom stereocenters. The van der Waals surface area contributed by atoms with Crippen molar-refractivity contribution in [3.8, 4) is 11.3 Å². The summed E-state index contributed by atoms with van der Waals surface area (Å²) in [7, 11) is 0. The maximum atomic E-state index is 13.1. The fraction of sp³-hybridized carbons (Fsp3) is 0. The third kappa shape index (κ3) is 4.27. The molecule has 1 saturated heterocycles. The molecule has 32 heavy (non-hydrogen) atoms. The van der Waals surface area contributed by atoms with Gasteiger partial charge in [0.2, 0.25) is 0 Å². The van der Waals surface area contributed by atoms with Gasteiger partial charge in [0.25, 0.3) is 17.5 Å². The molecule has 0 aliphatic carbocycles. The summed E-state index contributed by atoms with van der Waals surface area (Å²) in [6.07, 6.45) is 1.33. The zero-order chi connectivity index (χ0) is 23.0. The Balaban J connectivity index is 1.67. The second-order valence-electron chi connectivity index (χ2n) is 6.56. The Morgan fingerprint density at radius 2 is 1.88 bits per heavy atom. The molecule has 1 fully saturated rings. The first-order valence-corrected chi connectivity index (χ1v) is 10.9. The second-order valence-corrected chi connectivity index (χ2v) is 8.72. The minimum atomic E-state index is -0.638. The molecule has 0 spiro atoms.